The number of nitrogens with zero attached hydrogens (tertiary/aromatic N) is 1. The van der Waals surface area contributed by atoms with Crippen LogP contribution < -0.4 is 20.3 Å². The summed E-state index contributed by atoms with van der Waals surface area (Å²) >= 11 is 6.25. The summed E-state index contributed by atoms with van der Waals surface area (Å²) < 4.78 is 19.1. The van der Waals surface area contributed by atoms with E-state index in [4.69, 9.17) is 16.3 Å². The molecule has 1 aliphatic rings. The molecule has 5 amide bonds. The molecule has 0 bridgehead atoms. The normalized spacial score (nSPS) is 14.6. The first-order valence-corrected chi connectivity index (χ1v) is 10.6. The van der Waals surface area contributed by atoms with Gasteiger partial charge in [-0.2, -0.15) is 0 Å². The summed E-state index contributed by atoms with van der Waals surface area (Å²) in [6, 6.07) is 17.2. The number of halogens is 2. The van der Waals surface area contributed by atoms with Crippen LogP contribution in [0.25, 0.3) is 6.08 Å². The zero-order valence-electron chi connectivity index (χ0n) is 18.0. The molecular weight excluding hydrogens is 477 g/mol. The number of hydrogen-bond donors (Lipinski definition) is 2. The molecule has 1 fully saturated rings. The first-order valence-electron chi connectivity index (χ1n) is 10.3. The third-order valence-electron chi connectivity index (χ3n) is 4.85. The monoisotopic (exact) mass is 493 g/mol. The number of carbonyl (C=O) groups is 4. The molecule has 3 aromatic carbocycles. The molecule has 10 heteroatoms. The number of barbiturate groups is 1. The van der Waals surface area contributed by atoms with Gasteiger partial charge in [-0.3, -0.25) is 19.7 Å². The van der Waals surface area contributed by atoms with Crippen LogP contribution in [-0.2, 0) is 14.4 Å². The van der Waals surface area contributed by atoms with Crippen molar-refractivity contribution in [1.82, 2.24) is 5.32 Å². The van der Waals surface area contributed by atoms with Crippen LogP contribution in [0.4, 0.5) is 20.6 Å². The lowest BCUT2D eigenvalue weighted by atomic mass is 10.1. The van der Waals surface area contributed by atoms with E-state index in [0.717, 1.165) is 12.1 Å². The van der Waals surface area contributed by atoms with Crippen molar-refractivity contribution >= 4 is 52.8 Å². The van der Waals surface area contributed by atoms with Crippen molar-refractivity contribution in [2.75, 3.05) is 16.8 Å². The van der Waals surface area contributed by atoms with Crippen LogP contribution in [0.15, 0.2) is 78.4 Å². The fraction of sp³-hybridized carbons (Fsp3) is 0.0400. The lowest BCUT2D eigenvalue weighted by Crippen LogP contribution is -2.54. The summed E-state index contributed by atoms with van der Waals surface area (Å²) in [7, 11) is 0. The molecule has 1 saturated heterocycles. The van der Waals surface area contributed by atoms with Crippen molar-refractivity contribution in [1.29, 1.82) is 0 Å². The van der Waals surface area contributed by atoms with E-state index in [9.17, 15) is 23.6 Å². The Kier molecular flexibility index (Phi) is 6.88. The van der Waals surface area contributed by atoms with E-state index in [0.29, 0.717) is 16.2 Å². The van der Waals surface area contributed by atoms with Crippen LogP contribution in [0.2, 0.25) is 5.02 Å². The standard InChI is InChI=1S/C25H17ClFN3O5/c26-20-12-15(9-10-21(20)35-14-22(31)28-17-6-2-1-3-7-17)11-19-23(32)29-25(34)30(24(19)33)18-8-4-5-16(27)13-18/h1-13H,14H2,(H,28,31)(H,29,32,34)/b19-11+. The number of hydrogen-bond acceptors (Lipinski definition) is 5. The Labute approximate surface area is 203 Å². The maximum Gasteiger partial charge on any atom is 0.335 e. The highest BCUT2D eigenvalue weighted by atomic mass is 35.5. The van der Waals surface area contributed by atoms with Gasteiger partial charge < -0.3 is 10.1 Å². The van der Waals surface area contributed by atoms with Gasteiger partial charge >= 0.3 is 6.03 Å². The second kappa shape index (κ2) is 10.2. The van der Waals surface area contributed by atoms with Crippen LogP contribution in [-0.4, -0.2) is 30.4 Å². The largest absolute Gasteiger partial charge is 0.482 e. The molecule has 0 spiro atoms. The second-order valence-electron chi connectivity index (χ2n) is 7.33. The highest BCUT2D eigenvalue weighted by Gasteiger charge is 2.36. The van der Waals surface area contributed by atoms with Gasteiger partial charge in [0, 0.05) is 5.69 Å². The summed E-state index contributed by atoms with van der Waals surface area (Å²) in [4.78, 5) is 50.2. The van der Waals surface area contributed by atoms with Gasteiger partial charge in [0.1, 0.15) is 17.1 Å². The van der Waals surface area contributed by atoms with E-state index in [2.05, 4.69) is 10.6 Å². The summed E-state index contributed by atoms with van der Waals surface area (Å²) in [6.45, 7) is -0.291. The van der Waals surface area contributed by atoms with E-state index in [-0.39, 0.29) is 34.5 Å². The molecule has 8 nitrogen and oxygen atoms in total. The summed E-state index contributed by atoms with van der Waals surface area (Å²) in [6.07, 6.45) is 1.24. The Balaban J connectivity index is 1.49. The third-order valence-corrected chi connectivity index (χ3v) is 5.15. The van der Waals surface area contributed by atoms with E-state index in [1.54, 1.807) is 24.3 Å². The smallest absolute Gasteiger partial charge is 0.335 e. The molecule has 2 N–H and O–H groups in total. The average molecular weight is 494 g/mol. The molecule has 0 saturated carbocycles. The minimum atomic E-state index is -0.988. The van der Waals surface area contributed by atoms with Crippen LogP contribution in [0.5, 0.6) is 5.75 Å². The van der Waals surface area contributed by atoms with Crippen LogP contribution >= 0.6 is 11.6 Å². The number of para-hydroxylation sites is 1. The lowest BCUT2D eigenvalue weighted by Gasteiger charge is -2.26. The second-order valence-corrected chi connectivity index (χ2v) is 7.74. The predicted octanol–water partition coefficient (Wildman–Crippen LogP) is 4.16. The topological polar surface area (TPSA) is 105 Å². The Bertz CT molecular complexity index is 1360. The maximum atomic E-state index is 13.6. The van der Waals surface area contributed by atoms with Gasteiger partial charge in [0.25, 0.3) is 17.7 Å². The fourth-order valence-electron chi connectivity index (χ4n) is 3.26. The highest BCUT2D eigenvalue weighted by molar-refractivity contribution is 6.39. The van der Waals surface area contributed by atoms with Crippen LogP contribution in [0.3, 0.4) is 0 Å². The van der Waals surface area contributed by atoms with E-state index < -0.39 is 23.7 Å². The minimum Gasteiger partial charge on any atom is -0.482 e. The first-order chi connectivity index (χ1) is 16.8. The van der Waals surface area contributed by atoms with Crippen molar-refractivity contribution in [2.24, 2.45) is 0 Å². The SMILES string of the molecule is O=C(COc1ccc(/C=C2\C(=O)NC(=O)N(c3cccc(F)c3)C2=O)cc1Cl)Nc1ccccc1. The van der Waals surface area contributed by atoms with Gasteiger partial charge in [-0.05, 0) is 54.1 Å². The summed E-state index contributed by atoms with van der Waals surface area (Å²) in [5, 5.41) is 4.87. The van der Waals surface area contributed by atoms with Gasteiger partial charge in [-0.25, -0.2) is 14.1 Å². The van der Waals surface area contributed by atoms with Crippen molar-refractivity contribution in [3.05, 3.63) is 94.8 Å². The van der Waals surface area contributed by atoms with Gasteiger partial charge in [0.2, 0.25) is 0 Å². The average Bonchev–Trinajstić information content (AvgIpc) is 2.82. The number of carbonyl (C=O) groups excluding carboxylic acids is 4. The summed E-state index contributed by atoms with van der Waals surface area (Å²) in [5.41, 5.74) is 0.612. The molecular formula is C25H17ClFN3O5. The molecule has 0 unspecified atom stereocenters. The quantitative estimate of drug-likeness (QED) is 0.396. The molecule has 3 aromatic rings. The van der Waals surface area contributed by atoms with Crippen molar-refractivity contribution in [2.45, 2.75) is 0 Å². The maximum absolute atomic E-state index is 13.6. The zero-order chi connectivity index (χ0) is 24.9. The van der Waals surface area contributed by atoms with E-state index in [1.165, 1.54) is 36.4 Å². The minimum absolute atomic E-state index is 0.0264. The molecule has 35 heavy (non-hydrogen) atoms. The number of imide groups is 2. The van der Waals surface area contributed by atoms with Crippen molar-refractivity contribution in [3.63, 3.8) is 0 Å². The number of ether oxygens (including phenoxy) is 1. The summed E-state index contributed by atoms with van der Waals surface area (Å²) in [5.74, 6) is -2.64. The molecule has 0 aromatic heterocycles. The molecule has 1 aliphatic heterocycles. The van der Waals surface area contributed by atoms with Crippen LogP contribution in [0.1, 0.15) is 5.56 Å². The number of benzene rings is 3. The zero-order valence-corrected chi connectivity index (χ0v) is 18.7. The Hall–Kier alpha value is -4.50. The Morgan fingerprint density at radius 3 is 2.51 bits per heavy atom. The first kappa shape index (κ1) is 23.7. The van der Waals surface area contributed by atoms with Gasteiger partial charge in [0.15, 0.2) is 6.61 Å². The number of urea groups is 1. The van der Waals surface area contributed by atoms with E-state index >= 15 is 0 Å². The molecule has 0 radical (unpaired) electrons. The molecule has 0 atom stereocenters. The Morgan fingerprint density at radius 1 is 1.03 bits per heavy atom. The number of rotatable bonds is 6. The predicted molar refractivity (Wildman–Crippen MR) is 127 cm³/mol. The number of amides is 5. The fourth-order valence-corrected chi connectivity index (χ4v) is 3.50. The highest BCUT2D eigenvalue weighted by Crippen LogP contribution is 2.28. The molecule has 1 heterocycles. The van der Waals surface area contributed by atoms with Gasteiger partial charge in [-0.15, -0.1) is 0 Å². The van der Waals surface area contributed by atoms with Crippen molar-refractivity contribution in [3.8, 4) is 5.75 Å². The van der Waals surface area contributed by atoms with E-state index in [1.807, 2.05) is 6.07 Å². The number of anilines is 2. The molecule has 4 rings (SSSR count). The van der Waals surface area contributed by atoms with Gasteiger partial charge in [-0.1, -0.05) is 41.9 Å². The molecule has 176 valence electrons. The van der Waals surface area contributed by atoms with Gasteiger partial charge in [0.05, 0.1) is 10.7 Å². The lowest BCUT2D eigenvalue weighted by molar-refractivity contribution is -0.122. The van der Waals surface area contributed by atoms with Crippen LogP contribution in [0, 0.1) is 5.82 Å². The molecule has 0 aliphatic carbocycles. The van der Waals surface area contributed by atoms with Crippen molar-refractivity contribution < 1.29 is 28.3 Å². The number of nitrogens with one attached hydrogen (secondary N) is 2. The third kappa shape index (κ3) is 5.53. The Morgan fingerprint density at radius 2 is 1.80 bits per heavy atom.